The minimum absolute atomic E-state index is 0.300. The van der Waals surface area contributed by atoms with Crippen molar-refractivity contribution in [2.45, 2.75) is 44.2 Å². The normalized spacial score (nSPS) is 25.1. The Balaban J connectivity index is 1.29. The molecule has 0 aromatic carbocycles. The number of anilines is 1. The molecule has 2 aliphatic heterocycles. The van der Waals surface area contributed by atoms with Crippen molar-refractivity contribution in [3.05, 3.63) is 24.2 Å². The van der Waals surface area contributed by atoms with Crippen LogP contribution in [-0.4, -0.2) is 70.7 Å². The van der Waals surface area contributed by atoms with Crippen molar-refractivity contribution >= 4 is 5.82 Å². The van der Waals surface area contributed by atoms with Gasteiger partial charge < -0.3 is 14.3 Å². The largest absolute Gasteiger partial charge is 0.354 e. The zero-order valence-electron chi connectivity index (χ0n) is 16.0. The molecule has 1 unspecified atom stereocenters. The van der Waals surface area contributed by atoms with E-state index in [-0.39, 0.29) is 0 Å². The van der Waals surface area contributed by atoms with Gasteiger partial charge >= 0.3 is 0 Å². The highest BCUT2D eigenvalue weighted by Gasteiger charge is 2.37. The van der Waals surface area contributed by atoms with E-state index in [1.54, 1.807) is 0 Å². The van der Waals surface area contributed by atoms with E-state index in [0.29, 0.717) is 11.9 Å². The van der Waals surface area contributed by atoms with Gasteiger partial charge in [-0.2, -0.15) is 4.98 Å². The lowest BCUT2D eigenvalue weighted by Crippen LogP contribution is -2.44. The molecule has 0 spiro atoms. The van der Waals surface area contributed by atoms with Crippen LogP contribution < -0.4 is 4.90 Å². The van der Waals surface area contributed by atoms with Gasteiger partial charge in [-0.25, -0.2) is 4.98 Å². The Bertz CT molecular complexity index is 763. The van der Waals surface area contributed by atoms with E-state index < -0.39 is 0 Å². The highest BCUT2D eigenvalue weighted by molar-refractivity contribution is 5.56. The molecule has 4 heterocycles. The standard InChI is InChI=1S/C20H28N6O/c1-24-10-12-25(13-11-24)18-8-7-15(14-21-18)19-22-20(27-23-19)17-6-3-9-26(17)16-4-2-5-16/h7-8,14,16-17H,2-6,9-13H2,1H3. The molecule has 3 aliphatic rings. The molecule has 0 N–H and O–H groups in total. The quantitative estimate of drug-likeness (QED) is 0.822. The van der Waals surface area contributed by atoms with E-state index in [2.05, 4.69) is 44.0 Å². The molecule has 7 heteroatoms. The second kappa shape index (κ2) is 7.20. The minimum atomic E-state index is 0.300. The number of likely N-dealkylation sites (tertiary alicyclic amines) is 1. The summed E-state index contributed by atoms with van der Waals surface area (Å²) in [7, 11) is 2.16. The molecule has 144 valence electrons. The van der Waals surface area contributed by atoms with Gasteiger partial charge in [-0.3, -0.25) is 4.90 Å². The van der Waals surface area contributed by atoms with Crippen LogP contribution in [0.15, 0.2) is 22.9 Å². The minimum Gasteiger partial charge on any atom is -0.354 e. The Kier molecular flexibility index (Phi) is 4.57. The Morgan fingerprint density at radius 2 is 1.85 bits per heavy atom. The van der Waals surface area contributed by atoms with Crippen LogP contribution in [0, 0.1) is 0 Å². The second-order valence-electron chi connectivity index (χ2n) is 8.13. The number of hydrogen-bond acceptors (Lipinski definition) is 7. The summed E-state index contributed by atoms with van der Waals surface area (Å²) in [6.45, 7) is 5.36. The lowest BCUT2D eigenvalue weighted by atomic mass is 9.91. The van der Waals surface area contributed by atoms with Crippen LogP contribution in [-0.2, 0) is 0 Å². The molecule has 27 heavy (non-hydrogen) atoms. The number of rotatable bonds is 4. The zero-order chi connectivity index (χ0) is 18.2. The molecule has 1 saturated carbocycles. The molecule has 2 aromatic rings. The molecule has 7 nitrogen and oxygen atoms in total. The first-order valence-electron chi connectivity index (χ1n) is 10.3. The van der Waals surface area contributed by atoms with Crippen LogP contribution in [0.1, 0.15) is 44.0 Å². The average molecular weight is 368 g/mol. The SMILES string of the molecule is CN1CCN(c2ccc(-c3noc(C4CCCN4C4CCC4)n3)cn2)CC1. The molecule has 0 bridgehead atoms. The van der Waals surface area contributed by atoms with E-state index >= 15 is 0 Å². The molecule has 3 fully saturated rings. The van der Waals surface area contributed by atoms with Crippen LogP contribution in [0.3, 0.4) is 0 Å². The maximum atomic E-state index is 5.66. The van der Waals surface area contributed by atoms with Crippen LogP contribution >= 0.6 is 0 Å². The van der Waals surface area contributed by atoms with Gasteiger partial charge in [-0.05, 0) is 51.4 Å². The number of likely N-dealkylation sites (N-methyl/N-ethyl adjacent to an activating group) is 1. The molecule has 2 saturated heterocycles. The predicted molar refractivity (Wildman–Crippen MR) is 104 cm³/mol. The molecule has 2 aromatic heterocycles. The molecule has 1 aliphatic carbocycles. The summed E-state index contributed by atoms with van der Waals surface area (Å²) in [4.78, 5) is 16.6. The number of hydrogen-bond donors (Lipinski definition) is 0. The van der Waals surface area contributed by atoms with E-state index in [0.717, 1.165) is 62.5 Å². The van der Waals surface area contributed by atoms with Crippen molar-refractivity contribution < 1.29 is 4.52 Å². The predicted octanol–water partition coefficient (Wildman–Crippen LogP) is 2.57. The number of piperazine rings is 1. The van der Waals surface area contributed by atoms with Gasteiger partial charge in [0.25, 0.3) is 0 Å². The van der Waals surface area contributed by atoms with E-state index in [1.165, 1.54) is 25.7 Å². The molecular formula is C20H28N6O. The average Bonchev–Trinajstić information content (AvgIpc) is 3.31. The summed E-state index contributed by atoms with van der Waals surface area (Å²) in [5, 5.41) is 4.25. The highest BCUT2D eigenvalue weighted by atomic mass is 16.5. The van der Waals surface area contributed by atoms with Gasteiger partial charge in [-0.1, -0.05) is 11.6 Å². The fourth-order valence-corrected chi connectivity index (χ4v) is 4.44. The molecular weight excluding hydrogens is 340 g/mol. The zero-order valence-corrected chi connectivity index (χ0v) is 16.0. The van der Waals surface area contributed by atoms with Gasteiger partial charge in [-0.15, -0.1) is 0 Å². The van der Waals surface area contributed by atoms with Crippen LogP contribution in [0.25, 0.3) is 11.4 Å². The summed E-state index contributed by atoms with van der Waals surface area (Å²) in [5.41, 5.74) is 0.927. The van der Waals surface area contributed by atoms with Crippen LogP contribution in [0.2, 0.25) is 0 Å². The fourth-order valence-electron chi connectivity index (χ4n) is 4.44. The Morgan fingerprint density at radius 1 is 1.00 bits per heavy atom. The van der Waals surface area contributed by atoms with Gasteiger partial charge in [0.1, 0.15) is 5.82 Å². The first-order chi connectivity index (χ1) is 13.3. The van der Waals surface area contributed by atoms with Crippen LogP contribution in [0.5, 0.6) is 0 Å². The maximum absolute atomic E-state index is 5.66. The van der Waals surface area contributed by atoms with Gasteiger partial charge in [0.15, 0.2) is 0 Å². The van der Waals surface area contributed by atoms with Crippen molar-refractivity contribution in [1.29, 1.82) is 0 Å². The van der Waals surface area contributed by atoms with Crippen molar-refractivity contribution in [3.8, 4) is 11.4 Å². The monoisotopic (exact) mass is 368 g/mol. The van der Waals surface area contributed by atoms with Crippen molar-refractivity contribution in [1.82, 2.24) is 24.9 Å². The lowest BCUT2D eigenvalue weighted by Gasteiger charge is -2.37. The smallest absolute Gasteiger partial charge is 0.244 e. The number of nitrogens with zero attached hydrogens (tertiary/aromatic N) is 6. The summed E-state index contributed by atoms with van der Waals surface area (Å²) >= 11 is 0. The molecule has 0 amide bonds. The first kappa shape index (κ1) is 17.1. The Labute approximate surface area is 160 Å². The highest BCUT2D eigenvalue weighted by Crippen LogP contribution is 2.38. The Morgan fingerprint density at radius 3 is 2.56 bits per heavy atom. The number of aromatic nitrogens is 3. The summed E-state index contributed by atoms with van der Waals surface area (Å²) in [6.07, 6.45) is 8.21. The van der Waals surface area contributed by atoms with E-state index in [1.807, 2.05) is 6.20 Å². The maximum Gasteiger partial charge on any atom is 0.244 e. The summed E-state index contributed by atoms with van der Waals surface area (Å²) in [5.74, 6) is 2.46. The molecule has 1 atom stereocenters. The second-order valence-corrected chi connectivity index (χ2v) is 8.13. The first-order valence-corrected chi connectivity index (χ1v) is 10.3. The summed E-state index contributed by atoms with van der Waals surface area (Å²) in [6, 6.07) is 5.16. The third kappa shape index (κ3) is 3.34. The van der Waals surface area contributed by atoms with Crippen LogP contribution in [0.4, 0.5) is 5.82 Å². The van der Waals surface area contributed by atoms with E-state index in [4.69, 9.17) is 9.51 Å². The van der Waals surface area contributed by atoms with Gasteiger partial charge in [0.05, 0.1) is 6.04 Å². The molecule has 5 rings (SSSR count). The topological polar surface area (TPSA) is 61.5 Å². The Hall–Kier alpha value is -1.99. The lowest BCUT2D eigenvalue weighted by molar-refractivity contribution is 0.0966. The third-order valence-corrected chi connectivity index (χ3v) is 6.40. The number of pyridine rings is 1. The van der Waals surface area contributed by atoms with Crippen molar-refractivity contribution in [2.24, 2.45) is 0 Å². The van der Waals surface area contributed by atoms with Crippen molar-refractivity contribution in [3.63, 3.8) is 0 Å². The van der Waals surface area contributed by atoms with Crippen molar-refractivity contribution in [2.75, 3.05) is 44.7 Å². The summed E-state index contributed by atoms with van der Waals surface area (Å²) < 4.78 is 5.66. The van der Waals surface area contributed by atoms with E-state index in [9.17, 15) is 0 Å². The van der Waals surface area contributed by atoms with Gasteiger partial charge in [0, 0.05) is 44.0 Å². The third-order valence-electron chi connectivity index (χ3n) is 6.40. The fraction of sp³-hybridized carbons (Fsp3) is 0.650. The molecule has 0 radical (unpaired) electrons. The van der Waals surface area contributed by atoms with Gasteiger partial charge in [0.2, 0.25) is 11.7 Å².